The largest absolute Gasteiger partial charge is 0.493 e. The van der Waals surface area contributed by atoms with Crippen molar-refractivity contribution < 1.29 is 19.1 Å². The molecule has 0 spiro atoms. The second-order valence-electron chi connectivity index (χ2n) is 5.85. The predicted molar refractivity (Wildman–Crippen MR) is 106 cm³/mol. The summed E-state index contributed by atoms with van der Waals surface area (Å²) < 4.78 is 10.9. The minimum atomic E-state index is -0.366. The highest BCUT2D eigenvalue weighted by Crippen LogP contribution is 2.36. The lowest BCUT2D eigenvalue weighted by Gasteiger charge is -2.15. The molecule has 0 fully saturated rings. The van der Waals surface area contributed by atoms with Gasteiger partial charge in [-0.3, -0.25) is 9.59 Å². The molecule has 0 saturated carbocycles. The van der Waals surface area contributed by atoms with Crippen molar-refractivity contribution in [3.8, 4) is 11.5 Å². The van der Waals surface area contributed by atoms with Crippen LogP contribution in [-0.4, -0.2) is 32.6 Å². The normalized spacial score (nSPS) is 10.3. The third kappa shape index (κ3) is 4.71. The Bertz CT molecular complexity index is 852. The number of halogens is 1. The van der Waals surface area contributed by atoms with E-state index in [1.165, 1.54) is 13.2 Å². The summed E-state index contributed by atoms with van der Waals surface area (Å²) in [5.74, 6) is 0.215. The number of benzene rings is 2. The lowest BCUT2D eigenvalue weighted by molar-refractivity contribution is 0.0960. The zero-order chi connectivity index (χ0) is 20.0. The standard InChI is InChI=1S/C20H23ClN2O4/c1-5-9-27-18-15(21)10-13(11-17(18)26-4)19(24)23-16-8-6-7-14(12(16)2)20(25)22-3/h6-8,10-11H,5,9H2,1-4H3,(H,22,25)(H,23,24). The van der Waals surface area contributed by atoms with Crippen LogP contribution < -0.4 is 20.1 Å². The monoisotopic (exact) mass is 390 g/mol. The number of carbonyl (C=O) groups is 2. The van der Waals surface area contributed by atoms with E-state index < -0.39 is 0 Å². The molecule has 2 aromatic carbocycles. The Morgan fingerprint density at radius 2 is 1.93 bits per heavy atom. The predicted octanol–water partition coefficient (Wildman–Crippen LogP) is 4.06. The van der Waals surface area contributed by atoms with Gasteiger partial charge in [0.05, 0.1) is 18.7 Å². The number of ether oxygens (including phenoxy) is 2. The summed E-state index contributed by atoms with van der Waals surface area (Å²) >= 11 is 6.28. The van der Waals surface area contributed by atoms with E-state index in [1.54, 1.807) is 38.2 Å². The number of amides is 2. The zero-order valence-electron chi connectivity index (χ0n) is 15.8. The van der Waals surface area contributed by atoms with Crippen LogP contribution >= 0.6 is 11.6 Å². The van der Waals surface area contributed by atoms with Crippen molar-refractivity contribution in [1.82, 2.24) is 5.32 Å². The molecule has 27 heavy (non-hydrogen) atoms. The Kier molecular flexibility index (Phi) is 7.07. The van der Waals surface area contributed by atoms with Gasteiger partial charge in [-0.2, -0.15) is 0 Å². The van der Waals surface area contributed by atoms with Gasteiger partial charge in [0.15, 0.2) is 11.5 Å². The molecule has 144 valence electrons. The smallest absolute Gasteiger partial charge is 0.255 e. The average molecular weight is 391 g/mol. The van der Waals surface area contributed by atoms with Crippen LogP contribution in [-0.2, 0) is 0 Å². The molecule has 7 heteroatoms. The SMILES string of the molecule is CCCOc1c(Cl)cc(C(=O)Nc2cccc(C(=O)NC)c2C)cc1OC. The summed E-state index contributed by atoms with van der Waals surface area (Å²) in [5.41, 5.74) is 2.04. The van der Waals surface area contributed by atoms with E-state index >= 15 is 0 Å². The van der Waals surface area contributed by atoms with Gasteiger partial charge in [0.1, 0.15) is 0 Å². The van der Waals surface area contributed by atoms with Crippen LogP contribution in [0.3, 0.4) is 0 Å². The maximum Gasteiger partial charge on any atom is 0.255 e. The molecule has 0 heterocycles. The summed E-state index contributed by atoms with van der Waals surface area (Å²) in [6.07, 6.45) is 0.822. The number of nitrogens with one attached hydrogen (secondary N) is 2. The van der Waals surface area contributed by atoms with Crippen LogP contribution in [0.25, 0.3) is 0 Å². The molecule has 0 aliphatic heterocycles. The van der Waals surface area contributed by atoms with Gasteiger partial charge in [-0.1, -0.05) is 24.6 Å². The number of carbonyl (C=O) groups excluding carboxylic acids is 2. The first kappa shape index (κ1) is 20.6. The Hall–Kier alpha value is -2.73. The summed E-state index contributed by atoms with van der Waals surface area (Å²) in [4.78, 5) is 24.6. The third-order valence-electron chi connectivity index (χ3n) is 4.00. The maximum atomic E-state index is 12.7. The molecule has 6 nitrogen and oxygen atoms in total. The molecular weight excluding hydrogens is 368 g/mol. The highest BCUT2D eigenvalue weighted by molar-refractivity contribution is 6.32. The Morgan fingerprint density at radius 3 is 2.56 bits per heavy atom. The van der Waals surface area contributed by atoms with E-state index in [0.717, 1.165) is 6.42 Å². The first-order valence-corrected chi connectivity index (χ1v) is 8.94. The molecule has 2 rings (SSSR count). The first-order valence-electron chi connectivity index (χ1n) is 8.56. The van der Waals surface area contributed by atoms with Crippen LogP contribution in [0.4, 0.5) is 5.69 Å². The van der Waals surface area contributed by atoms with E-state index in [4.69, 9.17) is 21.1 Å². The topological polar surface area (TPSA) is 76.7 Å². The fraction of sp³-hybridized carbons (Fsp3) is 0.300. The van der Waals surface area contributed by atoms with Gasteiger partial charge < -0.3 is 20.1 Å². The molecule has 2 aromatic rings. The molecule has 0 saturated heterocycles. The van der Waals surface area contributed by atoms with Gasteiger partial charge in [-0.05, 0) is 43.2 Å². The fourth-order valence-corrected chi connectivity index (χ4v) is 2.81. The summed E-state index contributed by atoms with van der Waals surface area (Å²) in [7, 11) is 3.05. The summed E-state index contributed by atoms with van der Waals surface area (Å²) in [6, 6.07) is 8.25. The van der Waals surface area contributed by atoms with Crippen molar-refractivity contribution in [2.45, 2.75) is 20.3 Å². The van der Waals surface area contributed by atoms with Crippen molar-refractivity contribution >= 4 is 29.1 Å². The lowest BCUT2D eigenvalue weighted by Crippen LogP contribution is -2.20. The first-order chi connectivity index (χ1) is 12.9. The Labute approximate surface area is 163 Å². The number of hydrogen-bond acceptors (Lipinski definition) is 4. The second-order valence-corrected chi connectivity index (χ2v) is 6.26. The van der Waals surface area contributed by atoms with E-state index in [0.29, 0.717) is 45.5 Å². The molecule has 0 aliphatic carbocycles. The van der Waals surface area contributed by atoms with Crippen LogP contribution in [0.5, 0.6) is 11.5 Å². The average Bonchev–Trinajstić information content (AvgIpc) is 2.67. The molecule has 0 radical (unpaired) electrons. The van der Waals surface area contributed by atoms with Crippen molar-refractivity contribution in [3.05, 3.63) is 52.0 Å². The molecule has 2 amide bonds. The molecule has 0 bridgehead atoms. The number of rotatable bonds is 7. The van der Waals surface area contributed by atoms with E-state index in [9.17, 15) is 9.59 Å². The lowest BCUT2D eigenvalue weighted by atomic mass is 10.1. The van der Waals surface area contributed by atoms with Crippen LogP contribution in [0, 0.1) is 6.92 Å². The van der Waals surface area contributed by atoms with Crippen molar-refractivity contribution in [2.75, 3.05) is 26.1 Å². The number of anilines is 1. The molecule has 2 N–H and O–H groups in total. The quantitative estimate of drug-likeness (QED) is 0.747. The number of methoxy groups -OCH3 is 1. The second kappa shape index (κ2) is 9.28. The summed E-state index contributed by atoms with van der Waals surface area (Å²) in [6.45, 7) is 4.25. The Balaban J connectivity index is 2.31. The van der Waals surface area contributed by atoms with Crippen molar-refractivity contribution in [3.63, 3.8) is 0 Å². The zero-order valence-corrected chi connectivity index (χ0v) is 16.6. The molecular formula is C20H23ClN2O4. The molecule has 0 atom stereocenters. The minimum absolute atomic E-state index is 0.217. The van der Waals surface area contributed by atoms with Crippen LogP contribution in [0.15, 0.2) is 30.3 Å². The van der Waals surface area contributed by atoms with Crippen LogP contribution in [0.2, 0.25) is 5.02 Å². The van der Waals surface area contributed by atoms with E-state index in [2.05, 4.69) is 10.6 Å². The van der Waals surface area contributed by atoms with Gasteiger partial charge in [-0.15, -0.1) is 0 Å². The van der Waals surface area contributed by atoms with Gasteiger partial charge >= 0.3 is 0 Å². The van der Waals surface area contributed by atoms with Gasteiger partial charge in [0.25, 0.3) is 11.8 Å². The maximum absolute atomic E-state index is 12.7. The third-order valence-corrected chi connectivity index (χ3v) is 4.28. The fourth-order valence-electron chi connectivity index (χ4n) is 2.54. The number of hydrogen-bond donors (Lipinski definition) is 2. The molecule has 0 aliphatic rings. The van der Waals surface area contributed by atoms with E-state index in [1.807, 2.05) is 6.92 Å². The highest BCUT2D eigenvalue weighted by atomic mass is 35.5. The van der Waals surface area contributed by atoms with Crippen LogP contribution in [0.1, 0.15) is 39.6 Å². The van der Waals surface area contributed by atoms with Gasteiger partial charge in [-0.25, -0.2) is 0 Å². The highest BCUT2D eigenvalue weighted by Gasteiger charge is 2.17. The molecule has 0 unspecified atom stereocenters. The van der Waals surface area contributed by atoms with Crippen molar-refractivity contribution in [1.29, 1.82) is 0 Å². The summed E-state index contributed by atoms with van der Waals surface area (Å²) in [5, 5.41) is 5.69. The van der Waals surface area contributed by atoms with Gasteiger partial charge in [0.2, 0.25) is 0 Å². The van der Waals surface area contributed by atoms with E-state index in [-0.39, 0.29) is 11.8 Å². The van der Waals surface area contributed by atoms with Crippen molar-refractivity contribution in [2.24, 2.45) is 0 Å². The van der Waals surface area contributed by atoms with Gasteiger partial charge in [0, 0.05) is 23.9 Å². The molecule has 0 aromatic heterocycles. The Morgan fingerprint density at radius 1 is 1.19 bits per heavy atom. The minimum Gasteiger partial charge on any atom is -0.493 e.